The SMILES string of the molecule is CC(=O)N1CCCC(Cc2nccnc2Cc2ccccc2)C1. The van der Waals surface area contributed by atoms with E-state index in [0.717, 1.165) is 50.2 Å². The van der Waals surface area contributed by atoms with E-state index in [1.54, 1.807) is 19.3 Å². The molecule has 1 atom stereocenters. The standard InChI is InChI=1S/C19H23N3O/c1-15(23)22-11-5-8-17(14-22)13-19-18(20-9-10-21-19)12-16-6-3-2-4-7-16/h2-4,6-7,9-10,17H,5,8,11-14H2,1H3. The first-order chi connectivity index (χ1) is 11.2. The zero-order chi connectivity index (χ0) is 16.1. The second-order valence-electron chi connectivity index (χ2n) is 6.29. The maximum atomic E-state index is 11.6. The summed E-state index contributed by atoms with van der Waals surface area (Å²) in [6.07, 6.45) is 7.50. The third-order valence-corrected chi connectivity index (χ3v) is 4.52. The molecule has 1 fully saturated rings. The summed E-state index contributed by atoms with van der Waals surface area (Å²) < 4.78 is 0. The second kappa shape index (κ2) is 7.36. The molecule has 0 aliphatic carbocycles. The van der Waals surface area contributed by atoms with Gasteiger partial charge in [-0.15, -0.1) is 0 Å². The number of likely N-dealkylation sites (tertiary alicyclic amines) is 1. The highest BCUT2D eigenvalue weighted by Crippen LogP contribution is 2.22. The van der Waals surface area contributed by atoms with Crippen LogP contribution in [0.5, 0.6) is 0 Å². The van der Waals surface area contributed by atoms with Crippen molar-refractivity contribution in [2.45, 2.75) is 32.6 Å². The zero-order valence-electron chi connectivity index (χ0n) is 13.6. The number of hydrogen-bond donors (Lipinski definition) is 0. The number of hydrogen-bond acceptors (Lipinski definition) is 3. The van der Waals surface area contributed by atoms with E-state index >= 15 is 0 Å². The molecule has 2 heterocycles. The molecule has 23 heavy (non-hydrogen) atoms. The van der Waals surface area contributed by atoms with Crippen molar-refractivity contribution in [2.75, 3.05) is 13.1 Å². The molecule has 1 unspecified atom stereocenters. The molecule has 1 aliphatic heterocycles. The quantitative estimate of drug-likeness (QED) is 0.872. The molecular formula is C19H23N3O. The van der Waals surface area contributed by atoms with Crippen molar-refractivity contribution < 1.29 is 4.79 Å². The molecule has 0 bridgehead atoms. The zero-order valence-corrected chi connectivity index (χ0v) is 13.6. The van der Waals surface area contributed by atoms with E-state index in [9.17, 15) is 4.79 Å². The third kappa shape index (κ3) is 4.15. The fourth-order valence-electron chi connectivity index (χ4n) is 3.29. The molecule has 4 nitrogen and oxygen atoms in total. The molecule has 3 rings (SSSR count). The Balaban J connectivity index is 1.72. The lowest BCUT2D eigenvalue weighted by Gasteiger charge is -2.32. The van der Waals surface area contributed by atoms with Crippen LogP contribution < -0.4 is 0 Å². The Bertz CT molecular complexity index is 657. The van der Waals surface area contributed by atoms with Crippen LogP contribution >= 0.6 is 0 Å². The highest BCUT2D eigenvalue weighted by molar-refractivity contribution is 5.73. The summed E-state index contributed by atoms with van der Waals surface area (Å²) in [6, 6.07) is 10.4. The van der Waals surface area contributed by atoms with Gasteiger partial charge in [0.2, 0.25) is 5.91 Å². The van der Waals surface area contributed by atoms with Gasteiger partial charge in [-0.25, -0.2) is 0 Å². The molecule has 1 aliphatic rings. The average Bonchev–Trinajstić information content (AvgIpc) is 2.58. The summed E-state index contributed by atoms with van der Waals surface area (Å²) >= 11 is 0. The van der Waals surface area contributed by atoms with Crippen molar-refractivity contribution in [1.82, 2.24) is 14.9 Å². The van der Waals surface area contributed by atoms with Crippen molar-refractivity contribution in [3.8, 4) is 0 Å². The first-order valence-electron chi connectivity index (χ1n) is 8.30. The summed E-state index contributed by atoms with van der Waals surface area (Å²) in [5.74, 6) is 0.664. The van der Waals surface area contributed by atoms with Gasteiger partial charge in [0.05, 0.1) is 11.4 Å². The molecule has 1 aromatic heterocycles. The van der Waals surface area contributed by atoms with Crippen LogP contribution in [0.4, 0.5) is 0 Å². The second-order valence-corrected chi connectivity index (χ2v) is 6.29. The van der Waals surface area contributed by atoms with E-state index in [1.807, 2.05) is 11.0 Å². The molecular weight excluding hydrogens is 286 g/mol. The van der Waals surface area contributed by atoms with E-state index in [2.05, 4.69) is 34.2 Å². The van der Waals surface area contributed by atoms with Crippen molar-refractivity contribution >= 4 is 5.91 Å². The Morgan fingerprint density at radius 2 is 1.91 bits per heavy atom. The summed E-state index contributed by atoms with van der Waals surface area (Å²) in [5, 5.41) is 0. The van der Waals surface area contributed by atoms with Gasteiger partial charge >= 0.3 is 0 Å². The minimum absolute atomic E-state index is 0.179. The number of benzene rings is 1. The monoisotopic (exact) mass is 309 g/mol. The van der Waals surface area contributed by atoms with Crippen LogP contribution in [0.3, 0.4) is 0 Å². The molecule has 1 saturated heterocycles. The summed E-state index contributed by atoms with van der Waals surface area (Å²) in [5.41, 5.74) is 3.38. The first-order valence-corrected chi connectivity index (χ1v) is 8.30. The fourth-order valence-corrected chi connectivity index (χ4v) is 3.29. The van der Waals surface area contributed by atoms with Gasteiger partial charge in [0.1, 0.15) is 0 Å². The molecule has 0 N–H and O–H groups in total. The molecule has 1 aromatic carbocycles. The van der Waals surface area contributed by atoms with Gasteiger partial charge in [-0.3, -0.25) is 14.8 Å². The predicted octanol–water partition coefficient (Wildman–Crippen LogP) is 2.87. The van der Waals surface area contributed by atoms with Crippen molar-refractivity contribution in [2.24, 2.45) is 5.92 Å². The number of amides is 1. The lowest BCUT2D eigenvalue weighted by Crippen LogP contribution is -2.39. The third-order valence-electron chi connectivity index (χ3n) is 4.52. The van der Waals surface area contributed by atoms with Crippen LogP contribution in [0, 0.1) is 5.92 Å². The Kier molecular flexibility index (Phi) is 5.01. The molecule has 4 heteroatoms. The van der Waals surface area contributed by atoms with Gasteiger partial charge in [-0.1, -0.05) is 30.3 Å². The highest BCUT2D eigenvalue weighted by Gasteiger charge is 2.23. The van der Waals surface area contributed by atoms with E-state index in [4.69, 9.17) is 0 Å². The van der Waals surface area contributed by atoms with Crippen LogP contribution in [0.1, 0.15) is 36.7 Å². The average molecular weight is 309 g/mol. The van der Waals surface area contributed by atoms with Crippen LogP contribution in [0.15, 0.2) is 42.7 Å². The molecule has 1 amide bonds. The van der Waals surface area contributed by atoms with Crippen molar-refractivity contribution in [1.29, 1.82) is 0 Å². The van der Waals surface area contributed by atoms with E-state index < -0.39 is 0 Å². The first kappa shape index (κ1) is 15.7. The lowest BCUT2D eigenvalue weighted by atomic mass is 9.92. The van der Waals surface area contributed by atoms with E-state index in [0.29, 0.717) is 5.92 Å². The predicted molar refractivity (Wildman–Crippen MR) is 90.0 cm³/mol. The topological polar surface area (TPSA) is 46.1 Å². The van der Waals surface area contributed by atoms with Gasteiger partial charge in [0.25, 0.3) is 0 Å². The molecule has 0 spiro atoms. The Hall–Kier alpha value is -2.23. The van der Waals surface area contributed by atoms with Crippen LogP contribution in [-0.2, 0) is 17.6 Å². The number of rotatable bonds is 4. The number of carbonyl (C=O) groups excluding carboxylic acids is 1. The lowest BCUT2D eigenvalue weighted by molar-refractivity contribution is -0.130. The number of carbonyl (C=O) groups is 1. The van der Waals surface area contributed by atoms with Crippen molar-refractivity contribution in [3.05, 3.63) is 59.7 Å². The fraction of sp³-hybridized carbons (Fsp3) is 0.421. The molecule has 2 aromatic rings. The number of aromatic nitrogens is 2. The maximum Gasteiger partial charge on any atom is 0.219 e. The van der Waals surface area contributed by atoms with Gasteiger partial charge in [-0.05, 0) is 30.7 Å². The largest absolute Gasteiger partial charge is 0.343 e. The minimum atomic E-state index is 0.179. The Morgan fingerprint density at radius 1 is 1.17 bits per heavy atom. The number of nitrogens with zero attached hydrogens (tertiary/aromatic N) is 3. The van der Waals surface area contributed by atoms with Crippen molar-refractivity contribution in [3.63, 3.8) is 0 Å². The summed E-state index contributed by atoms with van der Waals surface area (Å²) in [6.45, 7) is 3.39. The van der Waals surface area contributed by atoms with Gasteiger partial charge < -0.3 is 4.90 Å². The minimum Gasteiger partial charge on any atom is -0.343 e. The van der Waals surface area contributed by atoms with Gasteiger partial charge in [0.15, 0.2) is 0 Å². The van der Waals surface area contributed by atoms with Crippen LogP contribution in [0.25, 0.3) is 0 Å². The van der Waals surface area contributed by atoms with Gasteiger partial charge in [-0.2, -0.15) is 0 Å². The Labute approximate surface area is 137 Å². The van der Waals surface area contributed by atoms with Crippen LogP contribution in [0.2, 0.25) is 0 Å². The van der Waals surface area contributed by atoms with Crippen LogP contribution in [-0.4, -0.2) is 33.9 Å². The van der Waals surface area contributed by atoms with Gasteiger partial charge in [0, 0.05) is 38.8 Å². The maximum absolute atomic E-state index is 11.6. The summed E-state index contributed by atoms with van der Waals surface area (Å²) in [7, 11) is 0. The summed E-state index contributed by atoms with van der Waals surface area (Å²) in [4.78, 5) is 22.7. The molecule has 0 radical (unpaired) electrons. The Morgan fingerprint density at radius 3 is 2.65 bits per heavy atom. The molecule has 0 saturated carbocycles. The molecule has 120 valence electrons. The normalized spacial score (nSPS) is 18.0. The number of piperidine rings is 1. The highest BCUT2D eigenvalue weighted by atomic mass is 16.2. The van der Waals surface area contributed by atoms with E-state index in [-0.39, 0.29) is 5.91 Å². The smallest absolute Gasteiger partial charge is 0.219 e. The van der Waals surface area contributed by atoms with E-state index in [1.165, 1.54) is 5.56 Å².